The van der Waals surface area contributed by atoms with E-state index in [0.29, 0.717) is 30.3 Å². The Balaban J connectivity index is 2.46. The van der Waals surface area contributed by atoms with Gasteiger partial charge in [-0.2, -0.15) is 0 Å². The number of rotatable bonds is 3. The standard InChI is InChI=1S/C14H20N2O2/c1-4-11-14(17)16(8-9(2)3)13-10(15)6-5-7-12(13)18-11/h5-7,9,11H,4,8,15H2,1-3H3. The Morgan fingerprint density at radius 2 is 2.17 bits per heavy atom. The molecule has 18 heavy (non-hydrogen) atoms. The van der Waals surface area contributed by atoms with Crippen molar-refractivity contribution < 1.29 is 9.53 Å². The SMILES string of the molecule is CCC1Oc2cccc(N)c2N(CC(C)C)C1=O. The zero-order valence-corrected chi connectivity index (χ0v) is 11.1. The monoisotopic (exact) mass is 248 g/mol. The van der Waals surface area contributed by atoms with Crippen molar-refractivity contribution in [3.05, 3.63) is 18.2 Å². The average Bonchev–Trinajstić information content (AvgIpc) is 2.32. The third-order valence-corrected chi connectivity index (χ3v) is 3.03. The molecule has 1 heterocycles. The summed E-state index contributed by atoms with van der Waals surface area (Å²) in [6.07, 6.45) is 0.278. The fraction of sp³-hybridized carbons (Fsp3) is 0.500. The van der Waals surface area contributed by atoms with Crippen molar-refractivity contribution in [1.82, 2.24) is 0 Å². The van der Waals surface area contributed by atoms with Gasteiger partial charge in [0, 0.05) is 6.54 Å². The van der Waals surface area contributed by atoms with Gasteiger partial charge < -0.3 is 15.4 Å². The lowest BCUT2D eigenvalue weighted by molar-refractivity contribution is -0.126. The van der Waals surface area contributed by atoms with Gasteiger partial charge in [0.15, 0.2) is 6.10 Å². The third-order valence-electron chi connectivity index (χ3n) is 3.03. The lowest BCUT2D eigenvalue weighted by Crippen LogP contribution is -2.47. The summed E-state index contributed by atoms with van der Waals surface area (Å²) < 4.78 is 5.71. The maximum Gasteiger partial charge on any atom is 0.268 e. The summed E-state index contributed by atoms with van der Waals surface area (Å²) in [7, 11) is 0. The number of anilines is 2. The minimum Gasteiger partial charge on any atom is -0.478 e. The normalized spacial score (nSPS) is 18.8. The summed E-state index contributed by atoms with van der Waals surface area (Å²) in [5.41, 5.74) is 7.30. The van der Waals surface area contributed by atoms with E-state index < -0.39 is 6.10 Å². The van der Waals surface area contributed by atoms with Crippen LogP contribution in [-0.4, -0.2) is 18.6 Å². The van der Waals surface area contributed by atoms with Crippen LogP contribution in [0.5, 0.6) is 5.75 Å². The van der Waals surface area contributed by atoms with Gasteiger partial charge in [0.05, 0.1) is 5.69 Å². The van der Waals surface area contributed by atoms with Crippen molar-refractivity contribution in [2.45, 2.75) is 33.3 Å². The molecule has 0 fully saturated rings. The molecule has 0 saturated carbocycles. The van der Waals surface area contributed by atoms with E-state index in [1.165, 1.54) is 0 Å². The minimum atomic E-state index is -0.391. The summed E-state index contributed by atoms with van der Waals surface area (Å²) in [5, 5.41) is 0. The molecule has 1 amide bonds. The van der Waals surface area contributed by atoms with E-state index in [2.05, 4.69) is 13.8 Å². The topological polar surface area (TPSA) is 55.6 Å². The van der Waals surface area contributed by atoms with Crippen LogP contribution in [0.3, 0.4) is 0 Å². The molecule has 1 atom stereocenters. The van der Waals surface area contributed by atoms with Crippen LogP contribution in [0, 0.1) is 5.92 Å². The van der Waals surface area contributed by atoms with Crippen LogP contribution in [0.15, 0.2) is 18.2 Å². The predicted molar refractivity (Wildman–Crippen MR) is 72.8 cm³/mol. The zero-order chi connectivity index (χ0) is 13.3. The molecule has 0 radical (unpaired) electrons. The molecule has 1 aromatic carbocycles. The Kier molecular flexibility index (Phi) is 3.45. The van der Waals surface area contributed by atoms with E-state index in [4.69, 9.17) is 10.5 Å². The molecule has 1 aromatic rings. The summed E-state index contributed by atoms with van der Waals surface area (Å²) in [6, 6.07) is 5.52. The average molecular weight is 248 g/mol. The molecular formula is C14H20N2O2. The van der Waals surface area contributed by atoms with Gasteiger partial charge in [0.1, 0.15) is 11.4 Å². The van der Waals surface area contributed by atoms with Crippen LogP contribution in [0.4, 0.5) is 11.4 Å². The molecule has 98 valence electrons. The number of carbonyl (C=O) groups is 1. The molecule has 0 aromatic heterocycles. The first kappa shape index (κ1) is 12.7. The third kappa shape index (κ3) is 2.15. The summed E-state index contributed by atoms with van der Waals surface area (Å²) in [4.78, 5) is 14.1. The number of carbonyl (C=O) groups excluding carboxylic acids is 1. The number of hydrogen-bond acceptors (Lipinski definition) is 3. The van der Waals surface area contributed by atoms with Gasteiger partial charge in [-0.25, -0.2) is 0 Å². The van der Waals surface area contributed by atoms with E-state index in [-0.39, 0.29) is 5.91 Å². The Morgan fingerprint density at radius 3 is 2.78 bits per heavy atom. The quantitative estimate of drug-likeness (QED) is 0.836. The molecule has 4 nitrogen and oxygen atoms in total. The number of fused-ring (bicyclic) bond motifs is 1. The predicted octanol–water partition coefficient (Wildman–Crippen LogP) is 2.43. The maximum atomic E-state index is 12.4. The van der Waals surface area contributed by atoms with Crippen LogP contribution in [0.25, 0.3) is 0 Å². The van der Waals surface area contributed by atoms with Crippen molar-refractivity contribution >= 4 is 17.3 Å². The number of hydrogen-bond donors (Lipinski definition) is 1. The van der Waals surface area contributed by atoms with Gasteiger partial charge in [-0.15, -0.1) is 0 Å². The first-order valence-electron chi connectivity index (χ1n) is 6.41. The van der Waals surface area contributed by atoms with E-state index in [0.717, 1.165) is 5.69 Å². The Bertz CT molecular complexity index is 457. The zero-order valence-electron chi connectivity index (χ0n) is 11.1. The van der Waals surface area contributed by atoms with Crippen LogP contribution in [0.2, 0.25) is 0 Å². The highest BCUT2D eigenvalue weighted by molar-refractivity contribution is 6.03. The molecule has 0 saturated heterocycles. The van der Waals surface area contributed by atoms with E-state index in [1.807, 2.05) is 19.1 Å². The summed E-state index contributed by atoms with van der Waals surface area (Å²) in [6.45, 7) is 6.79. The second-order valence-electron chi connectivity index (χ2n) is 5.05. The Hall–Kier alpha value is -1.71. The van der Waals surface area contributed by atoms with Crippen LogP contribution in [0.1, 0.15) is 27.2 Å². The number of para-hydroxylation sites is 1. The lowest BCUT2D eigenvalue weighted by Gasteiger charge is -2.35. The molecule has 1 aliphatic heterocycles. The van der Waals surface area contributed by atoms with Crippen molar-refractivity contribution in [1.29, 1.82) is 0 Å². The number of ether oxygens (including phenoxy) is 1. The number of nitrogen functional groups attached to an aromatic ring is 1. The Morgan fingerprint density at radius 1 is 1.44 bits per heavy atom. The molecule has 1 unspecified atom stereocenters. The van der Waals surface area contributed by atoms with Crippen molar-refractivity contribution in [2.75, 3.05) is 17.2 Å². The smallest absolute Gasteiger partial charge is 0.268 e. The first-order chi connectivity index (χ1) is 8.54. The van der Waals surface area contributed by atoms with Crippen LogP contribution < -0.4 is 15.4 Å². The van der Waals surface area contributed by atoms with Gasteiger partial charge in [0.2, 0.25) is 0 Å². The molecule has 4 heteroatoms. The molecule has 2 N–H and O–H groups in total. The first-order valence-corrected chi connectivity index (χ1v) is 6.41. The molecule has 0 bridgehead atoms. The molecule has 2 rings (SSSR count). The van der Waals surface area contributed by atoms with Gasteiger partial charge in [-0.1, -0.05) is 26.8 Å². The van der Waals surface area contributed by atoms with Gasteiger partial charge in [0.25, 0.3) is 5.91 Å². The Labute approximate surface area is 108 Å². The lowest BCUT2D eigenvalue weighted by atomic mass is 10.1. The molecule has 1 aliphatic rings. The second-order valence-corrected chi connectivity index (χ2v) is 5.05. The van der Waals surface area contributed by atoms with E-state index >= 15 is 0 Å². The highest BCUT2D eigenvalue weighted by Crippen LogP contribution is 2.39. The van der Waals surface area contributed by atoms with Gasteiger partial charge >= 0.3 is 0 Å². The fourth-order valence-corrected chi connectivity index (χ4v) is 2.22. The maximum absolute atomic E-state index is 12.4. The largest absolute Gasteiger partial charge is 0.478 e. The highest BCUT2D eigenvalue weighted by Gasteiger charge is 2.34. The fourth-order valence-electron chi connectivity index (χ4n) is 2.22. The number of benzene rings is 1. The second kappa shape index (κ2) is 4.88. The van der Waals surface area contributed by atoms with Crippen molar-refractivity contribution in [3.8, 4) is 5.75 Å². The van der Waals surface area contributed by atoms with Crippen LogP contribution >= 0.6 is 0 Å². The number of amides is 1. The minimum absolute atomic E-state index is 0.0107. The molecule has 0 spiro atoms. The molecule has 0 aliphatic carbocycles. The van der Waals surface area contributed by atoms with E-state index in [9.17, 15) is 4.79 Å². The number of nitrogens with zero attached hydrogens (tertiary/aromatic N) is 1. The summed E-state index contributed by atoms with van der Waals surface area (Å²) in [5.74, 6) is 1.11. The van der Waals surface area contributed by atoms with Crippen molar-refractivity contribution in [2.24, 2.45) is 5.92 Å². The van der Waals surface area contributed by atoms with E-state index in [1.54, 1.807) is 11.0 Å². The number of nitrogens with two attached hydrogens (primary N) is 1. The van der Waals surface area contributed by atoms with Crippen LogP contribution in [-0.2, 0) is 4.79 Å². The molecular weight excluding hydrogens is 228 g/mol. The summed E-state index contributed by atoms with van der Waals surface area (Å²) >= 11 is 0. The van der Waals surface area contributed by atoms with Gasteiger partial charge in [-0.3, -0.25) is 4.79 Å². The highest BCUT2D eigenvalue weighted by atomic mass is 16.5. The van der Waals surface area contributed by atoms with Gasteiger partial charge in [-0.05, 0) is 24.5 Å². The van der Waals surface area contributed by atoms with Crippen molar-refractivity contribution in [3.63, 3.8) is 0 Å².